The number of hydrogen-bond donors (Lipinski definition) is 1. The zero-order valence-electron chi connectivity index (χ0n) is 14.2. The number of nitrogens with zero attached hydrogens (tertiary/aromatic N) is 2. The molecule has 0 saturated carbocycles. The van der Waals surface area contributed by atoms with Crippen LogP contribution in [0.1, 0.15) is 30.6 Å². The summed E-state index contributed by atoms with van der Waals surface area (Å²) in [5.74, 6) is -0.202. The molecule has 140 valence electrons. The van der Waals surface area contributed by atoms with Gasteiger partial charge in [-0.1, -0.05) is 18.2 Å². The maximum atomic E-state index is 12.4. The van der Waals surface area contributed by atoms with E-state index in [4.69, 9.17) is 5.73 Å². The second-order valence-corrected chi connectivity index (χ2v) is 7.65. The lowest BCUT2D eigenvalue weighted by Gasteiger charge is -2.34. The van der Waals surface area contributed by atoms with E-state index < -0.39 is 11.9 Å². The molecule has 2 N–H and O–H groups in total. The third kappa shape index (κ3) is 3.82. The summed E-state index contributed by atoms with van der Waals surface area (Å²) in [6, 6.07) is 5.96. The Hall–Kier alpha value is -2.16. The lowest BCUT2D eigenvalue weighted by molar-refractivity contribution is -0.274. The molecule has 0 aliphatic carbocycles. The number of allylic oxidation sites excluding steroid dienone is 1. The molecule has 5 nitrogen and oxygen atoms in total. The first-order valence-corrected chi connectivity index (χ1v) is 8.80. The Labute approximate surface area is 153 Å². The molecule has 1 aromatic carbocycles. The monoisotopic (exact) mass is 385 g/mol. The number of guanidine groups is 1. The summed E-state index contributed by atoms with van der Waals surface area (Å²) in [6.07, 6.45) is -1.92. The number of ether oxygens (including phenoxy) is 1. The normalized spacial score (nSPS) is 26.6. The maximum absolute atomic E-state index is 12.4. The van der Waals surface area contributed by atoms with Gasteiger partial charge in [0.25, 0.3) is 0 Å². The van der Waals surface area contributed by atoms with Crippen LogP contribution in [0, 0.1) is 0 Å². The van der Waals surface area contributed by atoms with Crippen LogP contribution in [0.25, 0.3) is 0 Å². The Balaban J connectivity index is 1.77. The predicted octanol–water partition coefficient (Wildman–Crippen LogP) is 3.58. The van der Waals surface area contributed by atoms with Gasteiger partial charge in [0.05, 0.1) is 6.42 Å². The molecular weight excluding hydrogens is 367 g/mol. The van der Waals surface area contributed by atoms with Crippen LogP contribution in [-0.4, -0.2) is 35.7 Å². The van der Waals surface area contributed by atoms with Crippen molar-refractivity contribution in [3.8, 4) is 5.75 Å². The molecule has 1 unspecified atom stereocenters. The smallest absolute Gasteiger partial charge is 0.406 e. The highest BCUT2D eigenvalue weighted by molar-refractivity contribution is 8.03. The number of hydrogen-bond acceptors (Lipinski definition) is 5. The van der Waals surface area contributed by atoms with Crippen molar-refractivity contribution in [3.63, 3.8) is 0 Å². The van der Waals surface area contributed by atoms with Crippen LogP contribution in [-0.2, 0) is 4.79 Å². The average molecular weight is 385 g/mol. The van der Waals surface area contributed by atoms with Crippen LogP contribution in [0.15, 0.2) is 40.2 Å². The lowest BCUT2D eigenvalue weighted by atomic mass is 9.94. The van der Waals surface area contributed by atoms with Crippen molar-refractivity contribution in [1.82, 2.24) is 4.90 Å². The highest BCUT2D eigenvalue weighted by Gasteiger charge is 2.40. The van der Waals surface area contributed by atoms with E-state index in [1.807, 2.05) is 13.0 Å². The molecule has 0 radical (unpaired) electrons. The maximum Gasteiger partial charge on any atom is 0.573 e. The first-order valence-electron chi connectivity index (χ1n) is 7.92. The van der Waals surface area contributed by atoms with Crippen molar-refractivity contribution >= 4 is 23.6 Å². The molecular formula is C17H18F3N3O2S. The molecule has 1 aromatic rings. The van der Waals surface area contributed by atoms with Crippen molar-refractivity contribution in [1.29, 1.82) is 0 Å². The highest BCUT2D eigenvalue weighted by atomic mass is 32.2. The number of benzene rings is 1. The summed E-state index contributed by atoms with van der Waals surface area (Å²) in [4.78, 5) is 18.8. The summed E-state index contributed by atoms with van der Waals surface area (Å²) in [5, 5.41) is -0.0650. The summed E-state index contributed by atoms with van der Waals surface area (Å²) in [7, 11) is 1.58. The second-order valence-electron chi connectivity index (χ2n) is 6.40. The van der Waals surface area contributed by atoms with Crippen LogP contribution in [0.5, 0.6) is 5.75 Å². The molecule has 3 rings (SSSR count). The molecule has 0 spiro atoms. The topological polar surface area (TPSA) is 67.9 Å². The number of halogens is 3. The zero-order valence-corrected chi connectivity index (χ0v) is 15.0. The van der Waals surface area contributed by atoms with Gasteiger partial charge in [0.15, 0.2) is 5.96 Å². The number of aliphatic imine (C=N–C) groups is 1. The number of amides is 1. The van der Waals surface area contributed by atoms with Crippen molar-refractivity contribution < 1.29 is 22.7 Å². The van der Waals surface area contributed by atoms with Crippen LogP contribution >= 0.6 is 11.8 Å². The van der Waals surface area contributed by atoms with Crippen molar-refractivity contribution in [2.75, 3.05) is 7.05 Å². The molecule has 2 aliphatic rings. The van der Waals surface area contributed by atoms with E-state index in [0.29, 0.717) is 6.42 Å². The third-order valence-corrected chi connectivity index (χ3v) is 5.96. The Bertz CT molecular complexity index is 794. The van der Waals surface area contributed by atoms with Gasteiger partial charge < -0.3 is 10.5 Å². The minimum atomic E-state index is -4.72. The second kappa shape index (κ2) is 6.53. The molecule has 1 amide bonds. The van der Waals surface area contributed by atoms with E-state index in [9.17, 15) is 18.0 Å². The number of thioether (sulfide) groups is 1. The van der Waals surface area contributed by atoms with E-state index in [2.05, 4.69) is 9.73 Å². The van der Waals surface area contributed by atoms with Crippen LogP contribution in [0.4, 0.5) is 13.2 Å². The first kappa shape index (κ1) is 18.6. The van der Waals surface area contributed by atoms with Gasteiger partial charge in [-0.25, -0.2) is 4.99 Å². The van der Waals surface area contributed by atoms with Gasteiger partial charge >= 0.3 is 6.36 Å². The van der Waals surface area contributed by atoms with Crippen LogP contribution in [0.3, 0.4) is 0 Å². The van der Waals surface area contributed by atoms with E-state index in [1.165, 1.54) is 34.9 Å². The number of rotatable bonds is 3. The standard InChI is InChI=1S/C17H18F3N3O2S/c1-16(9-14(24)23(2)15(21)22-16)13-7-6-12(26-13)10-4-3-5-11(8-10)25-17(18,19)20/h3-5,7-8,12H,6,9H2,1-2H3,(H2,21,22)/t12?,16-/m0/s1. The highest BCUT2D eigenvalue weighted by Crippen LogP contribution is 2.50. The van der Waals surface area contributed by atoms with Crippen molar-refractivity contribution in [2.45, 2.75) is 36.9 Å². The fourth-order valence-electron chi connectivity index (χ4n) is 2.98. The fraction of sp³-hybridized carbons (Fsp3) is 0.412. The minimum Gasteiger partial charge on any atom is -0.406 e. The van der Waals surface area contributed by atoms with Gasteiger partial charge in [-0.3, -0.25) is 9.69 Å². The molecule has 9 heteroatoms. The van der Waals surface area contributed by atoms with E-state index in [1.54, 1.807) is 13.1 Å². The molecule has 26 heavy (non-hydrogen) atoms. The number of alkyl halides is 3. The van der Waals surface area contributed by atoms with E-state index in [-0.39, 0.29) is 29.3 Å². The Morgan fingerprint density at radius 2 is 2.15 bits per heavy atom. The number of nitrogens with two attached hydrogens (primary N) is 1. The molecule has 0 aromatic heterocycles. The van der Waals surface area contributed by atoms with Gasteiger partial charge in [0, 0.05) is 17.2 Å². The molecule has 0 fully saturated rings. The predicted molar refractivity (Wildman–Crippen MR) is 93.6 cm³/mol. The van der Waals surface area contributed by atoms with Gasteiger partial charge in [-0.05, 0) is 31.0 Å². The molecule has 0 bridgehead atoms. The van der Waals surface area contributed by atoms with Crippen LogP contribution in [0.2, 0.25) is 0 Å². The van der Waals surface area contributed by atoms with Gasteiger partial charge in [-0.2, -0.15) is 0 Å². The number of carbonyl (C=O) groups excluding carboxylic acids is 1. The minimum absolute atomic E-state index is 0.0650. The Morgan fingerprint density at radius 1 is 1.42 bits per heavy atom. The quantitative estimate of drug-likeness (QED) is 0.864. The summed E-state index contributed by atoms with van der Waals surface area (Å²) in [6.45, 7) is 1.84. The summed E-state index contributed by atoms with van der Waals surface area (Å²) < 4.78 is 41.2. The largest absolute Gasteiger partial charge is 0.573 e. The summed E-state index contributed by atoms with van der Waals surface area (Å²) in [5.41, 5.74) is 5.81. The molecule has 2 atom stereocenters. The van der Waals surface area contributed by atoms with Gasteiger partial charge in [-0.15, -0.1) is 24.9 Å². The van der Waals surface area contributed by atoms with E-state index >= 15 is 0 Å². The van der Waals surface area contributed by atoms with Crippen molar-refractivity contribution in [2.24, 2.45) is 10.7 Å². The zero-order chi connectivity index (χ0) is 19.1. The van der Waals surface area contributed by atoms with Crippen molar-refractivity contribution in [3.05, 3.63) is 40.8 Å². The fourth-order valence-corrected chi connectivity index (χ4v) is 4.32. The van der Waals surface area contributed by atoms with E-state index in [0.717, 1.165) is 10.5 Å². The first-order chi connectivity index (χ1) is 12.1. The molecule has 2 heterocycles. The Morgan fingerprint density at radius 3 is 2.81 bits per heavy atom. The SMILES string of the molecule is CN1C(=O)C[C@@](C)(C2=CCC(c3cccc(OC(F)(F)F)c3)S2)N=C1N. The molecule has 2 aliphatic heterocycles. The Kier molecular flexibility index (Phi) is 4.68. The van der Waals surface area contributed by atoms with Gasteiger partial charge in [0.2, 0.25) is 5.91 Å². The summed E-state index contributed by atoms with van der Waals surface area (Å²) >= 11 is 1.49. The number of carbonyl (C=O) groups is 1. The lowest BCUT2D eigenvalue weighted by Crippen LogP contribution is -2.48. The van der Waals surface area contributed by atoms with Crippen LogP contribution < -0.4 is 10.5 Å². The molecule has 0 saturated heterocycles. The van der Waals surface area contributed by atoms with Gasteiger partial charge in [0.1, 0.15) is 11.3 Å². The average Bonchev–Trinajstić information content (AvgIpc) is 3.02. The third-order valence-electron chi connectivity index (χ3n) is 4.36.